The molecule has 0 unspecified atom stereocenters. The number of carbonyl (C=O) groups excluding carboxylic acids is 1. The standard InChI is InChI=1S/C17H13F3O2S/c18-17(19,20)14-6-3-4-12(10-14)11-23-16(22)9-8-13-5-1-2-7-15(13)21/h1-10,21H,11H2. The van der Waals surface area contributed by atoms with Crippen molar-refractivity contribution in [3.05, 3.63) is 71.3 Å². The van der Waals surface area contributed by atoms with E-state index >= 15 is 0 Å². The lowest BCUT2D eigenvalue weighted by molar-refractivity contribution is -0.137. The molecule has 0 spiro atoms. The van der Waals surface area contributed by atoms with Crippen LogP contribution in [0.25, 0.3) is 6.08 Å². The van der Waals surface area contributed by atoms with Crippen LogP contribution in [0.2, 0.25) is 0 Å². The summed E-state index contributed by atoms with van der Waals surface area (Å²) >= 11 is 0.899. The van der Waals surface area contributed by atoms with Crippen LogP contribution in [0.1, 0.15) is 16.7 Å². The zero-order valence-corrected chi connectivity index (χ0v) is 12.7. The summed E-state index contributed by atoms with van der Waals surface area (Å²) in [6, 6.07) is 11.4. The van der Waals surface area contributed by atoms with Gasteiger partial charge in [0.05, 0.1) is 5.56 Å². The summed E-state index contributed by atoms with van der Waals surface area (Å²) in [4.78, 5) is 11.8. The topological polar surface area (TPSA) is 37.3 Å². The third kappa shape index (κ3) is 5.17. The maximum atomic E-state index is 12.6. The highest BCUT2D eigenvalue weighted by Gasteiger charge is 2.30. The van der Waals surface area contributed by atoms with Gasteiger partial charge in [-0.2, -0.15) is 13.2 Å². The number of halogens is 3. The maximum Gasteiger partial charge on any atom is 0.416 e. The van der Waals surface area contributed by atoms with Gasteiger partial charge in [0.25, 0.3) is 0 Å². The van der Waals surface area contributed by atoms with E-state index in [2.05, 4.69) is 0 Å². The minimum atomic E-state index is -4.39. The van der Waals surface area contributed by atoms with E-state index in [0.717, 1.165) is 23.9 Å². The predicted molar refractivity (Wildman–Crippen MR) is 84.9 cm³/mol. The Morgan fingerprint density at radius 3 is 2.57 bits per heavy atom. The fourth-order valence-corrected chi connectivity index (χ4v) is 2.48. The fourth-order valence-electron chi connectivity index (χ4n) is 1.83. The van der Waals surface area contributed by atoms with E-state index in [9.17, 15) is 23.1 Å². The van der Waals surface area contributed by atoms with Crippen LogP contribution in [0.5, 0.6) is 5.75 Å². The molecule has 0 heterocycles. The van der Waals surface area contributed by atoms with Crippen LogP contribution in [0, 0.1) is 0 Å². The summed E-state index contributed by atoms with van der Waals surface area (Å²) in [5, 5.41) is 9.26. The lowest BCUT2D eigenvalue weighted by atomic mass is 10.1. The van der Waals surface area contributed by atoms with Gasteiger partial charge in [0, 0.05) is 11.3 Å². The predicted octanol–water partition coefficient (Wildman–Crippen LogP) is 4.88. The van der Waals surface area contributed by atoms with Crippen molar-refractivity contribution in [1.82, 2.24) is 0 Å². The molecule has 2 aromatic rings. The zero-order chi connectivity index (χ0) is 16.9. The van der Waals surface area contributed by atoms with Gasteiger partial charge in [-0.3, -0.25) is 4.79 Å². The van der Waals surface area contributed by atoms with Gasteiger partial charge < -0.3 is 5.11 Å². The summed E-state index contributed by atoms with van der Waals surface area (Å²) in [5.74, 6) is 0.202. The van der Waals surface area contributed by atoms with E-state index in [1.165, 1.54) is 24.3 Å². The molecule has 0 bridgehead atoms. The number of aromatic hydroxyl groups is 1. The van der Waals surface area contributed by atoms with E-state index in [4.69, 9.17) is 0 Å². The molecule has 0 fully saturated rings. The number of rotatable bonds is 4. The van der Waals surface area contributed by atoms with Crippen LogP contribution in [0.3, 0.4) is 0 Å². The van der Waals surface area contributed by atoms with Gasteiger partial charge in [-0.25, -0.2) is 0 Å². The van der Waals surface area contributed by atoms with Crippen molar-refractivity contribution < 1.29 is 23.1 Å². The molecule has 2 nitrogen and oxygen atoms in total. The zero-order valence-electron chi connectivity index (χ0n) is 11.9. The highest BCUT2D eigenvalue weighted by atomic mass is 32.2. The fraction of sp³-hybridized carbons (Fsp3) is 0.118. The van der Waals surface area contributed by atoms with Gasteiger partial charge in [0.15, 0.2) is 0 Å². The number of thioether (sulfide) groups is 1. The molecular formula is C17H13F3O2S. The molecule has 0 aliphatic rings. The van der Waals surface area contributed by atoms with E-state index in [0.29, 0.717) is 11.1 Å². The molecular weight excluding hydrogens is 325 g/mol. The number of hydrogen-bond acceptors (Lipinski definition) is 3. The van der Waals surface area contributed by atoms with E-state index in [1.54, 1.807) is 24.3 Å². The third-order valence-corrected chi connectivity index (χ3v) is 3.87. The Hall–Kier alpha value is -2.21. The Morgan fingerprint density at radius 1 is 1.13 bits per heavy atom. The van der Waals surface area contributed by atoms with Crippen molar-refractivity contribution in [3.8, 4) is 5.75 Å². The molecule has 0 radical (unpaired) electrons. The Kier molecular flexibility index (Phi) is 5.50. The number of carbonyl (C=O) groups is 1. The van der Waals surface area contributed by atoms with Crippen LogP contribution >= 0.6 is 11.8 Å². The summed E-state index contributed by atoms with van der Waals surface area (Å²) in [6.07, 6.45) is -1.64. The normalized spacial score (nSPS) is 11.8. The first-order valence-electron chi connectivity index (χ1n) is 6.65. The number of phenolic OH excluding ortho intramolecular Hbond substituents is 1. The highest BCUT2D eigenvalue weighted by molar-refractivity contribution is 8.13. The van der Waals surface area contributed by atoms with E-state index in [-0.39, 0.29) is 16.6 Å². The minimum Gasteiger partial charge on any atom is -0.507 e. The number of phenols is 1. The molecule has 120 valence electrons. The number of para-hydroxylation sites is 1. The Labute approximate surface area is 135 Å². The third-order valence-electron chi connectivity index (χ3n) is 2.97. The number of alkyl halides is 3. The van der Waals surface area contributed by atoms with Gasteiger partial charge in [0.1, 0.15) is 5.75 Å². The first-order valence-corrected chi connectivity index (χ1v) is 7.64. The molecule has 0 aliphatic heterocycles. The van der Waals surface area contributed by atoms with Gasteiger partial charge in [-0.1, -0.05) is 48.2 Å². The van der Waals surface area contributed by atoms with Crippen LogP contribution in [-0.4, -0.2) is 10.2 Å². The van der Waals surface area contributed by atoms with Crippen LogP contribution in [0.15, 0.2) is 54.6 Å². The van der Waals surface area contributed by atoms with Crippen molar-refractivity contribution in [2.24, 2.45) is 0 Å². The highest BCUT2D eigenvalue weighted by Crippen LogP contribution is 2.30. The Balaban J connectivity index is 1.96. The van der Waals surface area contributed by atoms with Crippen molar-refractivity contribution in [2.75, 3.05) is 0 Å². The van der Waals surface area contributed by atoms with E-state index in [1.807, 2.05) is 0 Å². The number of benzene rings is 2. The number of hydrogen-bond donors (Lipinski definition) is 1. The first-order chi connectivity index (χ1) is 10.9. The van der Waals surface area contributed by atoms with Gasteiger partial charge >= 0.3 is 6.18 Å². The van der Waals surface area contributed by atoms with Crippen molar-refractivity contribution in [1.29, 1.82) is 0 Å². The van der Waals surface area contributed by atoms with Crippen molar-refractivity contribution >= 4 is 23.0 Å². The monoisotopic (exact) mass is 338 g/mol. The summed E-state index contributed by atoms with van der Waals surface area (Å²) in [6.45, 7) is 0. The average molecular weight is 338 g/mol. The second kappa shape index (κ2) is 7.37. The first kappa shape index (κ1) is 17.1. The quantitative estimate of drug-likeness (QED) is 0.807. The van der Waals surface area contributed by atoms with Crippen LogP contribution < -0.4 is 0 Å². The summed E-state index contributed by atoms with van der Waals surface area (Å²) in [7, 11) is 0. The maximum absolute atomic E-state index is 12.6. The molecule has 0 aliphatic carbocycles. The SMILES string of the molecule is O=C(C=Cc1ccccc1O)SCc1cccc(C(F)(F)F)c1. The second-order valence-electron chi connectivity index (χ2n) is 4.70. The average Bonchev–Trinajstić information content (AvgIpc) is 2.51. The molecule has 2 aromatic carbocycles. The van der Waals surface area contributed by atoms with Crippen molar-refractivity contribution in [3.63, 3.8) is 0 Å². The molecule has 1 N–H and O–H groups in total. The smallest absolute Gasteiger partial charge is 0.416 e. The second-order valence-corrected chi connectivity index (χ2v) is 5.68. The molecule has 0 atom stereocenters. The minimum absolute atomic E-state index is 0.0550. The molecule has 0 saturated heterocycles. The van der Waals surface area contributed by atoms with E-state index < -0.39 is 11.7 Å². The molecule has 23 heavy (non-hydrogen) atoms. The lowest BCUT2D eigenvalue weighted by Gasteiger charge is -2.07. The summed E-state index contributed by atoms with van der Waals surface area (Å²) < 4.78 is 37.8. The Morgan fingerprint density at radius 2 is 1.87 bits per heavy atom. The van der Waals surface area contributed by atoms with Crippen molar-refractivity contribution in [2.45, 2.75) is 11.9 Å². The molecule has 2 rings (SSSR count). The van der Waals surface area contributed by atoms with Crippen LogP contribution in [-0.2, 0) is 16.7 Å². The molecule has 0 amide bonds. The van der Waals surface area contributed by atoms with Crippen LogP contribution in [0.4, 0.5) is 13.2 Å². The van der Waals surface area contributed by atoms with Gasteiger partial charge in [-0.15, -0.1) is 0 Å². The Bertz CT molecular complexity index is 724. The van der Waals surface area contributed by atoms with Gasteiger partial charge in [0.2, 0.25) is 5.12 Å². The molecule has 0 aromatic heterocycles. The molecule has 6 heteroatoms. The van der Waals surface area contributed by atoms with Gasteiger partial charge in [-0.05, 0) is 29.8 Å². The molecule has 0 saturated carbocycles. The lowest BCUT2D eigenvalue weighted by Crippen LogP contribution is -2.05. The largest absolute Gasteiger partial charge is 0.507 e. The summed E-state index contributed by atoms with van der Waals surface area (Å²) in [5.41, 5.74) is 0.197.